The number of ketones is 1. The first-order valence-electron chi connectivity index (χ1n) is 3.92. The largest absolute Gasteiger partial charge is 0.504 e. The van der Waals surface area contributed by atoms with Gasteiger partial charge in [0, 0.05) is 12.0 Å². The lowest BCUT2D eigenvalue weighted by Gasteiger charge is -2.07. The molecule has 0 saturated carbocycles. The first-order chi connectivity index (χ1) is 6.82. The van der Waals surface area contributed by atoms with Gasteiger partial charge in [-0.15, -0.1) is 0 Å². The minimum Gasteiger partial charge on any atom is -0.504 e. The second kappa shape index (κ2) is 3.80. The Kier molecular flexibility index (Phi) is 2.88. The molecule has 0 heterocycles. The highest BCUT2D eigenvalue weighted by atomic mass is 19.4. The van der Waals surface area contributed by atoms with E-state index in [2.05, 4.69) is 0 Å². The third kappa shape index (κ3) is 2.61. The van der Waals surface area contributed by atoms with E-state index in [1.807, 2.05) is 0 Å². The topological polar surface area (TPSA) is 57.5 Å². The summed E-state index contributed by atoms with van der Waals surface area (Å²) in [6, 6.07) is 3.49. The highest BCUT2D eigenvalue weighted by Gasteiger charge is 2.38. The molecule has 82 valence electrons. The maximum Gasteiger partial charge on any atom is 0.450 e. The highest BCUT2D eigenvalue weighted by Crippen LogP contribution is 2.30. The lowest BCUT2D eigenvalue weighted by molar-refractivity contribution is -0.170. The standard InChI is InChI=1S/C9H7F3O3/c10-9(11,12)7(14)4-5-2-1-3-6(13)8(5)15/h1-3,13,15H,4H2. The normalized spacial score (nSPS) is 11.4. The van der Waals surface area contributed by atoms with Crippen LogP contribution < -0.4 is 0 Å². The fraction of sp³-hybridized carbons (Fsp3) is 0.222. The quantitative estimate of drug-likeness (QED) is 0.747. The predicted molar refractivity (Wildman–Crippen MR) is 44.5 cm³/mol. The molecule has 0 amide bonds. The van der Waals surface area contributed by atoms with Gasteiger partial charge in [0.05, 0.1) is 0 Å². The Balaban J connectivity index is 2.91. The number of aromatic hydroxyl groups is 2. The van der Waals surface area contributed by atoms with Crippen molar-refractivity contribution in [3.05, 3.63) is 23.8 Å². The van der Waals surface area contributed by atoms with Crippen molar-refractivity contribution in [1.82, 2.24) is 0 Å². The average molecular weight is 220 g/mol. The summed E-state index contributed by atoms with van der Waals surface area (Å²) in [7, 11) is 0. The number of hydrogen-bond acceptors (Lipinski definition) is 3. The van der Waals surface area contributed by atoms with Gasteiger partial charge in [0.2, 0.25) is 5.78 Å². The van der Waals surface area contributed by atoms with Crippen molar-refractivity contribution in [2.45, 2.75) is 12.6 Å². The zero-order valence-electron chi connectivity index (χ0n) is 7.38. The summed E-state index contributed by atoms with van der Waals surface area (Å²) in [6.45, 7) is 0. The molecular formula is C9H7F3O3. The van der Waals surface area contributed by atoms with Crippen LogP contribution in [0.1, 0.15) is 5.56 Å². The minimum absolute atomic E-state index is 0.252. The van der Waals surface area contributed by atoms with Crippen LogP contribution >= 0.6 is 0 Å². The predicted octanol–water partition coefficient (Wildman–Crippen LogP) is 1.77. The summed E-state index contributed by atoms with van der Waals surface area (Å²) in [5, 5.41) is 18.1. The Hall–Kier alpha value is -1.72. The monoisotopic (exact) mass is 220 g/mol. The Labute approximate surface area is 82.8 Å². The zero-order chi connectivity index (χ0) is 11.6. The van der Waals surface area contributed by atoms with E-state index in [-0.39, 0.29) is 5.56 Å². The molecule has 0 radical (unpaired) electrons. The van der Waals surface area contributed by atoms with Crippen molar-refractivity contribution < 1.29 is 28.2 Å². The average Bonchev–Trinajstić information content (AvgIpc) is 2.11. The maximum absolute atomic E-state index is 11.9. The number of carbonyl (C=O) groups excluding carboxylic acids is 1. The van der Waals surface area contributed by atoms with Crippen molar-refractivity contribution in [2.24, 2.45) is 0 Å². The summed E-state index contributed by atoms with van der Waals surface area (Å²) in [6.07, 6.45) is -5.92. The third-order valence-corrected chi connectivity index (χ3v) is 1.77. The number of rotatable bonds is 2. The second-order valence-electron chi connectivity index (χ2n) is 2.88. The lowest BCUT2D eigenvalue weighted by Crippen LogP contribution is -2.24. The van der Waals surface area contributed by atoms with Gasteiger partial charge in [-0.05, 0) is 6.07 Å². The molecule has 0 aliphatic rings. The number of phenolic OH excluding ortho intramolecular Hbond substituents is 2. The van der Waals surface area contributed by atoms with E-state index in [0.29, 0.717) is 0 Å². The number of Topliss-reactive ketones (excluding diaryl/α,β-unsaturated/α-hetero) is 1. The van der Waals surface area contributed by atoms with Crippen LogP contribution in [0.5, 0.6) is 11.5 Å². The van der Waals surface area contributed by atoms with Crippen LogP contribution in [0.15, 0.2) is 18.2 Å². The molecule has 0 aromatic heterocycles. The summed E-state index contributed by atoms with van der Waals surface area (Å²) in [4.78, 5) is 10.6. The number of para-hydroxylation sites is 1. The number of alkyl halides is 3. The first-order valence-corrected chi connectivity index (χ1v) is 3.92. The van der Waals surface area contributed by atoms with Crippen LogP contribution in [-0.2, 0) is 11.2 Å². The van der Waals surface area contributed by atoms with Gasteiger partial charge in [-0.2, -0.15) is 13.2 Å². The second-order valence-corrected chi connectivity index (χ2v) is 2.88. The fourth-order valence-corrected chi connectivity index (χ4v) is 0.994. The van der Waals surface area contributed by atoms with Gasteiger partial charge >= 0.3 is 6.18 Å². The van der Waals surface area contributed by atoms with Gasteiger partial charge < -0.3 is 10.2 Å². The fourth-order valence-electron chi connectivity index (χ4n) is 0.994. The maximum atomic E-state index is 11.9. The molecule has 2 N–H and O–H groups in total. The van der Waals surface area contributed by atoms with E-state index in [1.165, 1.54) is 6.07 Å². The van der Waals surface area contributed by atoms with Crippen molar-refractivity contribution >= 4 is 5.78 Å². The molecule has 0 aliphatic carbocycles. The minimum atomic E-state index is -4.93. The van der Waals surface area contributed by atoms with Gasteiger partial charge in [0.25, 0.3) is 0 Å². The Morgan fingerprint density at radius 3 is 2.40 bits per heavy atom. The van der Waals surface area contributed by atoms with Gasteiger partial charge in [-0.3, -0.25) is 4.79 Å². The molecule has 0 saturated heterocycles. The molecule has 1 rings (SSSR count). The van der Waals surface area contributed by atoms with E-state index in [1.54, 1.807) is 0 Å². The zero-order valence-corrected chi connectivity index (χ0v) is 7.38. The van der Waals surface area contributed by atoms with E-state index in [9.17, 15) is 18.0 Å². The molecule has 1 aromatic rings. The molecule has 0 atom stereocenters. The van der Waals surface area contributed by atoms with Gasteiger partial charge in [-0.1, -0.05) is 12.1 Å². The molecule has 3 nitrogen and oxygen atoms in total. The molecule has 1 aromatic carbocycles. The Morgan fingerprint density at radius 2 is 1.87 bits per heavy atom. The molecule has 0 fully saturated rings. The molecule has 0 bridgehead atoms. The van der Waals surface area contributed by atoms with Crippen LogP contribution in [0.2, 0.25) is 0 Å². The number of carbonyl (C=O) groups is 1. The third-order valence-electron chi connectivity index (χ3n) is 1.77. The SMILES string of the molecule is O=C(Cc1cccc(O)c1O)C(F)(F)F. The Bertz CT molecular complexity index is 385. The summed E-state index contributed by atoms with van der Waals surface area (Å²) >= 11 is 0. The number of phenols is 2. The van der Waals surface area contributed by atoms with Crippen LogP contribution in [0.4, 0.5) is 13.2 Å². The number of halogens is 3. The van der Waals surface area contributed by atoms with Gasteiger partial charge in [0.15, 0.2) is 11.5 Å². The van der Waals surface area contributed by atoms with Gasteiger partial charge in [0.1, 0.15) is 0 Å². The molecule has 6 heteroatoms. The van der Waals surface area contributed by atoms with Crippen molar-refractivity contribution in [3.63, 3.8) is 0 Å². The summed E-state index contributed by atoms with van der Waals surface area (Å²) in [5.74, 6) is -3.22. The summed E-state index contributed by atoms with van der Waals surface area (Å²) in [5.41, 5.74) is -0.252. The molecular weight excluding hydrogens is 213 g/mol. The van der Waals surface area contributed by atoms with E-state index in [0.717, 1.165) is 12.1 Å². The molecule has 15 heavy (non-hydrogen) atoms. The van der Waals surface area contributed by atoms with Crippen LogP contribution in [0.3, 0.4) is 0 Å². The molecule has 0 spiro atoms. The van der Waals surface area contributed by atoms with Crippen LogP contribution in [-0.4, -0.2) is 22.2 Å². The number of hydrogen-bond donors (Lipinski definition) is 2. The smallest absolute Gasteiger partial charge is 0.450 e. The first kappa shape index (κ1) is 11.4. The van der Waals surface area contributed by atoms with Gasteiger partial charge in [-0.25, -0.2) is 0 Å². The Morgan fingerprint density at radius 1 is 1.27 bits per heavy atom. The van der Waals surface area contributed by atoms with E-state index >= 15 is 0 Å². The highest BCUT2D eigenvalue weighted by molar-refractivity contribution is 5.86. The molecule has 0 aliphatic heterocycles. The van der Waals surface area contributed by atoms with E-state index < -0.39 is 29.9 Å². The lowest BCUT2D eigenvalue weighted by atomic mass is 10.1. The van der Waals surface area contributed by atoms with Crippen molar-refractivity contribution in [1.29, 1.82) is 0 Å². The van der Waals surface area contributed by atoms with E-state index in [4.69, 9.17) is 10.2 Å². The van der Waals surface area contributed by atoms with Crippen molar-refractivity contribution in [2.75, 3.05) is 0 Å². The van der Waals surface area contributed by atoms with Crippen LogP contribution in [0, 0.1) is 0 Å². The molecule has 0 unspecified atom stereocenters. The van der Waals surface area contributed by atoms with Crippen molar-refractivity contribution in [3.8, 4) is 11.5 Å². The van der Waals surface area contributed by atoms with Crippen LogP contribution in [0.25, 0.3) is 0 Å². The number of benzene rings is 1. The summed E-state index contributed by atoms with van der Waals surface area (Å²) < 4.78 is 35.6.